The maximum absolute atomic E-state index is 5.74. The number of benzene rings is 1. The highest BCUT2D eigenvalue weighted by Gasteiger charge is 2.10. The van der Waals surface area contributed by atoms with Gasteiger partial charge in [-0.15, -0.1) is 0 Å². The molecule has 2 rings (SSSR count). The minimum Gasteiger partial charge on any atom is -0.491 e. The van der Waals surface area contributed by atoms with Crippen LogP contribution in [0.2, 0.25) is 0 Å². The van der Waals surface area contributed by atoms with E-state index in [9.17, 15) is 0 Å². The lowest BCUT2D eigenvalue weighted by molar-refractivity contribution is 0.242. The van der Waals surface area contributed by atoms with Crippen molar-refractivity contribution in [3.8, 4) is 17.1 Å². The van der Waals surface area contributed by atoms with Crippen LogP contribution >= 0.6 is 0 Å². The van der Waals surface area contributed by atoms with Crippen LogP contribution in [0, 0.1) is 13.8 Å². The quantitative estimate of drug-likeness (QED) is 0.902. The second-order valence-electron chi connectivity index (χ2n) is 5.33. The van der Waals surface area contributed by atoms with Crippen LogP contribution in [-0.2, 0) is 0 Å². The lowest BCUT2D eigenvalue weighted by Crippen LogP contribution is -2.07. The summed E-state index contributed by atoms with van der Waals surface area (Å²) in [6.45, 7) is 11.0. The van der Waals surface area contributed by atoms with E-state index >= 15 is 0 Å². The molecule has 4 nitrogen and oxygen atoms in total. The van der Waals surface area contributed by atoms with Gasteiger partial charge < -0.3 is 10.1 Å². The van der Waals surface area contributed by atoms with Gasteiger partial charge in [0.2, 0.25) is 0 Å². The third-order valence-electron chi connectivity index (χ3n) is 3.20. The second kappa shape index (κ2) is 6.57. The molecule has 0 fully saturated rings. The van der Waals surface area contributed by atoms with Crippen LogP contribution in [0.4, 0.5) is 5.82 Å². The Hall–Kier alpha value is -2.10. The molecule has 112 valence electrons. The van der Waals surface area contributed by atoms with Crippen molar-refractivity contribution in [1.82, 2.24) is 9.97 Å². The normalized spacial score (nSPS) is 10.8. The SMILES string of the molecule is CCNc1nc(-c2cccc(OC(C)C)c2)nc(C)c1C. The molecule has 0 bridgehead atoms. The molecule has 0 radical (unpaired) electrons. The van der Waals surface area contributed by atoms with E-state index < -0.39 is 0 Å². The molecular weight excluding hydrogens is 262 g/mol. The van der Waals surface area contributed by atoms with Gasteiger partial charge in [0.05, 0.1) is 6.10 Å². The zero-order valence-corrected chi connectivity index (χ0v) is 13.4. The van der Waals surface area contributed by atoms with Crippen molar-refractivity contribution in [2.45, 2.75) is 40.7 Å². The maximum atomic E-state index is 5.74. The highest BCUT2D eigenvalue weighted by atomic mass is 16.5. The Bertz CT molecular complexity index is 623. The number of hydrogen-bond acceptors (Lipinski definition) is 4. The molecule has 1 N–H and O–H groups in total. The predicted octanol–water partition coefficient (Wildman–Crippen LogP) is 3.98. The van der Waals surface area contributed by atoms with Crippen molar-refractivity contribution in [2.24, 2.45) is 0 Å². The van der Waals surface area contributed by atoms with E-state index in [1.807, 2.05) is 52.0 Å². The van der Waals surface area contributed by atoms with Gasteiger partial charge in [-0.2, -0.15) is 0 Å². The summed E-state index contributed by atoms with van der Waals surface area (Å²) in [6.07, 6.45) is 0.151. The summed E-state index contributed by atoms with van der Waals surface area (Å²) in [5.41, 5.74) is 3.05. The Kier molecular flexibility index (Phi) is 4.78. The Morgan fingerprint density at radius 2 is 1.95 bits per heavy atom. The summed E-state index contributed by atoms with van der Waals surface area (Å²) >= 11 is 0. The fourth-order valence-electron chi connectivity index (χ4n) is 2.08. The standard InChI is InChI=1S/C17H23N3O/c1-6-18-16-12(4)13(5)19-17(20-16)14-8-7-9-15(10-14)21-11(2)3/h7-11H,6H2,1-5H3,(H,18,19,20). The largest absolute Gasteiger partial charge is 0.491 e. The first-order valence-electron chi connectivity index (χ1n) is 7.37. The molecule has 21 heavy (non-hydrogen) atoms. The molecule has 1 heterocycles. The number of hydrogen-bond donors (Lipinski definition) is 1. The van der Waals surface area contributed by atoms with E-state index in [1.165, 1.54) is 0 Å². The maximum Gasteiger partial charge on any atom is 0.161 e. The van der Waals surface area contributed by atoms with Crippen molar-refractivity contribution >= 4 is 5.82 Å². The molecule has 0 aliphatic heterocycles. The minimum absolute atomic E-state index is 0.151. The zero-order chi connectivity index (χ0) is 15.4. The van der Waals surface area contributed by atoms with Gasteiger partial charge in [-0.25, -0.2) is 9.97 Å². The molecule has 1 aromatic heterocycles. The molecule has 0 amide bonds. The average Bonchev–Trinajstić information content (AvgIpc) is 2.43. The van der Waals surface area contributed by atoms with E-state index in [2.05, 4.69) is 22.2 Å². The summed E-state index contributed by atoms with van der Waals surface area (Å²) in [6, 6.07) is 7.92. The molecule has 1 aromatic carbocycles. The molecule has 0 saturated carbocycles. The summed E-state index contributed by atoms with van der Waals surface area (Å²) in [5.74, 6) is 2.47. The monoisotopic (exact) mass is 285 g/mol. The van der Waals surface area contributed by atoms with Gasteiger partial charge in [0.1, 0.15) is 11.6 Å². The third-order valence-corrected chi connectivity index (χ3v) is 3.20. The van der Waals surface area contributed by atoms with E-state index in [1.54, 1.807) is 0 Å². The topological polar surface area (TPSA) is 47.0 Å². The first-order chi connectivity index (χ1) is 10.0. The Labute approximate surface area is 126 Å². The minimum atomic E-state index is 0.151. The molecule has 0 saturated heterocycles. The fraction of sp³-hybridized carbons (Fsp3) is 0.412. The van der Waals surface area contributed by atoms with Crippen LogP contribution in [0.1, 0.15) is 32.0 Å². The van der Waals surface area contributed by atoms with Crippen LogP contribution in [0.5, 0.6) is 5.75 Å². The molecule has 0 spiro atoms. The van der Waals surface area contributed by atoms with Gasteiger partial charge in [0.15, 0.2) is 5.82 Å². The third kappa shape index (κ3) is 3.72. The lowest BCUT2D eigenvalue weighted by Gasteiger charge is -2.13. The highest BCUT2D eigenvalue weighted by molar-refractivity contribution is 5.61. The van der Waals surface area contributed by atoms with Crippen molar-refractivity contribution in [3.05, 3.63) is 35.5 Å². The van der Waals surface area contributed by atoms with Gasteiger partial charge >= 0.3 is 0 Å². The van der Waals surface area contributed by atoms with Crippen LogP contribution in [0.3, 0.4) is 0 Å². The van der Waals surface area contributed by atoms with Gasteiger partial charge in [0, 0.05) is 23.4 Å². The number of anilines is 1. The molecule has 0 aliphatic rings. The number of nitrogens with one attached hydrogen (secondary N) is 1. The van der Waals surface area contributed by atoms with Crippen LogP contribution in [0.25, 0.3) is 11.4 Å². The number of ether oxygens (including phenoxy) is 1. The second-order valence-corrected chi connectivity index (χ2v) is 5.33. The summed E-state index contributed by atoms with van der Waals surface area (Å²) in [5, 5.41) is 3.29. The van der Waals surface area contributed by atoms with Gasteiger partial charge in [0.25, 0.3) is 0 Å². The highest BCUT2D eigenvalue weighted by Crippen LogP contribution is 2.25. The predicted molar refractivity (Wildman–Crippen MR) is 86.9 cm³/mol. The summed E-state index contributed by atoms with van der Waals surface area (Å²) in [7, 11) is 0. The smallest absolute Gasteiger partial charge is 0.161 e. The number of aromatic nitrogens is 2. The van der Waals surface area contributed by atoms with Gasteiger partial charge in [-0.1, -0.05) is 12.1 Å². The van der Waals surface area contributed by atoms with E-state index in [0.717, 1.165) is 40.8 Å². The number of rotatable bonds is 5. The fourth-order valence-corrected chi connectivity index (χ4v) is 2.08. The zero-order valence-electron chi connectivity index (χ0n) is 13.4. The van der Waals surface area contributed by atoms with Gasteiger partial charge in [-0.05, 0) is 46.8 Å². The Balaban J connectivity index is 2.41. The molecule has 2 aromatic rings. The van der Waals surface area contributed by atoms with E-state index in [-0.39, 0.29) is 6.10 Å². The summed E-state index contributed by atoms with van der Waals surface area (Å²) < 4.78 is 5.74. The van der Waals surface area contributed by atoms with Crippen molar-refractivity contribution in [3.63, 3.8) is 0 Å². The first-order valence-corrected chi connectivity index (χ1v) is 7.37. The molecular formula is C17H23N3O. The van der Waals surface area contributed by atoms with Crippen molar-refractivity contribution < 1.29 is 4.74 Å². The van der Waals surface area contributed by atoms with Crippen molar-refractivity contribution in [2.75, 3.05) is 11.9 Å². The van der Waals surface area contributed by atoms with Crippen LogP contribution < -0.4 is 10.1 Å². The van der Waals surface area contributed by atoms with E-state index in [0.29, 0.717) is 0 Å². The van der Waals surface area contributed by atoms with Crippen LogP contribution in [-0.4, -0.2) is 22.6 Å². The number of aryl methyl sites for hydroxylation is 1. The molecule has 0 unspecified atom stereocenters. The number of nitrogens with zero attached hydrogens (tertiary/aromatic N) is 2. The van der Waals surface area contributed by atoms with E-state index in [4.69, 9.17) is 4.74 Å². The first kappa shape index (κ1) is 15.3. The average molecular weight is 285 g/mol. The molecule has 4 heteroatoms. The van der Waals surface area contributed by atoms with Gasteiger partial charge in [-0.3, -0.25) is 0 Å². The summed E-state index contributed by atoms with van der Waals surface area (Å²) in [4.78, 5) is 9.24. The molecule has 0 atom stereocenters. The Morgan fingerprint density at radius 1 is 1.19 bits per heavy atom. The molecule has 0 aliphatic carbocycles. The van der Waals surface area contributed by atoms with Crippen molar-refractivity contribution in [1.29, 1.82) is 0 Å². The van der Waals surface area contributed by atoms with Crippen LogP contribution in [0.15, 0.2) is 24.3 Å². The lowest BCUT2D eigenvalue weighted by atomic mass is 10.1. The Morgan fingerprint density at radius 3 is 2.62 bits per heavy atom.